The highest BCUT2D eigenvalue weighted by molar-refractivity contribution is 5.97. The van der Waals surface area contributed by atoms with E-state index in [2.05, 4.69) is 21.8 Å². The number of aryl methyl sites for hydroxylation is 1. The number of ether oxygens (including phenoxy) is 1. The van der Waals surface area contributed by atoms with Crippen molar-refractivity contribution in [1.29, 1.82) is 0 Å². The van der Waals surface area contributed by atoms with Gasteiger partial charge in [0.15, 0.2) is 5.65 Å². The van der Waals surface area contributed by atoms with E-state index in [1.165, 1.54) is 0 Å². The van der Waals surface area contributed by atoms with Gasteiger partial charge < -0.3 is 20.3 Å². The van der Waals surface area contributed by atoms with Gasteiger partial charge in [-0.3, -0.25) is 4.79 Å². The predicted molar refractivity (Wildman–Crippen MR) is 130 cm³/mol. The Balaban J connectivity index is 1.46. The third-order valence-corrected chi connectivity index (χ3v) is 6.52. The molecule has 0 bridgehead atoms. The molecule has 174 valence electrons. The third kappa shape index (κ3) is 4.66. The van der Waals surface area contributed by atoms with E-state index in [0.717, 1.165) is 85.0 Å². The molecule has 2 aromatic heterocycles. The number of hydrogen-bond acceptors (Lipinski definition) is 6. The largest absolute Gasteiger partial charge is 0.381 e. The lowest BCUT2D eigenvalue weighted by molar-refractivity contribution is 0.0699. The maximum absolute atomic E-state index is 12.5. The summed E-state index contributed by atoms with van der Waals surface area (Å²) in [7, 11) is 3.99. The van der Waals surface area contributed by atoms with E-state index in [4.69, 9.17) is 9.72 Å². The second kappa shape index (κ2) is 9.02. The number of rotatable bonds is 7. The van der Waals surface area contributed by atoms with Gasteiger partial charge in [-0.25, -0.2) is 4.98 Å². The normalized spacial score (nSPS) is 16.7. The summed E-state index contributed by atoms with van der Waals surface area (Å²) in [6.07, 6.45) is 6.17. The minimum absolute atomic E-state index is 0.00836. The van der Waals surface area contributed by atoms with Crippen molar-refractivity contribution in [3.63, 3.8) is 0 Å². The summed E-state index contributed by atoms with van der Waals surface area (Å²) in [4.78, 5) is 19.4. The van der Waals surface area contributed by atoms with Crippen LogP contribution in [0, 0.1) is 12.8 Å². The Morgan fingerprint density at radius 2 is 1.97 bits per heavy atom. The van der Waals surface area contributed by atoms with Gasteiger partial charge in [0.1, 0.15) is 11.6 Å². The van der Waals surface area contributed by atoms with Crippen molar-refractivity contribution in [3.05, 3.63) is 41.6 Å². The number of amides is 1. The number of fused-ring (bicyclic) bond motifs is 1. The first kappa shape index (κ1) is 21.7. The smallest absolute Gasteiger partial charge is 0.251 e. The molecule has 0 spiro atoms. The monoisotopic (exact) mass is 448 g/mol. The number of nitrogens with zero attached hydrogens (tertiary/aromatic N) is 4. The van der Waals surface area contributed by atoms with Gasteiger partial charge in [0.05, 0.1) is 6.20 Å². The van der Waals surface area contributed by atoms with Crippen molar-refractivity contribution in [2.24, 2.45) is 5.92 Å². The molecule has 2 aliphatic rings. The number of nitrogens with one attached hydrogen (secondary N) is 2. The Morgan fingerprint density at radius 1 is 1.18 bits per heavy atom. The molecule has 33 heavy (non-hydrogen) atoms. The van der Waals surface area contributed by atoms with Crippen LogP contribution in [0.3, 0.4) is 0 Å². The molecule has 1 amide bonds. The third-order valence-electron chi connectivity index (χ3n) is 6.52. The fourth-order valence-corrected chi connectivity index (χ4v) is 4.28. The first-order valence-electron chi connectivity index (χ1n) is 11.8. The number of anilines is 2. The average molecular weight is 449 g/mol. The van der Waals surface area contributed by atoms with Gasteiger partial charge in [-0.15, -0.1) is 0 Å². The van der Waals surface area contributed by atoms with Gasteiger partial charge in [0.2, 0.25) is 0 Å². The molecule has 1 aromatic carbocycles. The fraction of sp³-hybridized carbons (Fsp3) is 0.480. The number of aromatic nitrogens is 3. The molecule has 8 nitrogen and oxygen atoms in total. The molecule has 1 saturated heterocycles. The maximum atomic E-state index is 12.5. The minimum atomic E-state index is 0.00836. The molecule has 3 aromatic rings. The topological polar surface area (TPSA) is 83.8 Å². The van der Waals surface area contributed by atoms with Crippen molar-refractivity contribution in [2.75, 3.05) is 44.1 Å². The van der Waals surface area contributed by atoms with Gasteiger partial charge >= 0.3 is 0 Å². The lowest BCUT2D eigenvalue weighted by Crippen LogP contribution is -2.26. The number of hydrogen-bond donors (Lipinski definition) is 2. The van der Waals surface area contributed by atoms with Gasteiger partial charge in [-0.2, -0.15) is 9.61 Å². The SMILES string of the molecule is Cc1cc(-c2cnn3c(NCC4CCOCC4)cc(N(C)C)nc23)ccc1C(=O)NC1CC1. The van der Waals surface area contributed by atoms with Crippen LogP contribution in [0.15, 0.2) is 30.5 Å². The molecule has 8 heteroatoms. The van der Waals surface area contributed by atoms with Crippen LogP contribution in [0.25, 0.3) is 16.8 Å². The second-order valence-electron chi connectivity index (χ2n) is 9.40. The van der Waals surface area contributed by atoms with E-state index < -0.39 is 0 Å². The summed E-state index contributed by atoms with van der Waals surface area (Å²) in [5.74, 6) is 2.40. The van der Waals surface area contributed by atoms with Crippen LogP contribution in [-0.2, 0) is 4.74 Å². The Labute approximate surface area is 194 Å². The Morgan fingerprint density at radius 3 is 2.67 bits per heavy atom. The molecule has 1 aliphatic carbocycles. The minimum Gasteiger partial charge on any atom is -0.381 e. The average Bonchev–Trinajstić information content (AvgIpc) is 3.52. The molecule has 2 N–H and O–H groups in total. The number of carbonyl (C=O) groups excluding carboxylic acids is 1. The first-order chi connectivity index (χ1) is 16.0. The highest BCUT2D eigenvalue weighted by Crippen LogP contribution is 2.30. The van der Waals surface area contributed by atoms with Crippen molar-refractivity contribution >= 4 is 23.2 Å². The predicted octanol–water partition coefficient (Wildman–Crippen LogP) is 3.50. The molecule has 5 rings (SSSR count). The summed E-state index contributed by atoms with van der Waals surface area (Å²) in [5.41, 5.74) is 4.43. The molecule has 2 fully saturated rings. The standard InChI is InChI=1S/C25H32N6O2/c1-16-12-18(4-7-20(16)25(32)28-19-5-6-19)21-15-27-31-22(13-23(30(2)3)29-24(21)31)26-14-17-8-10-33-11-9-17/h4,7,12-13,15,17,19,26H,5-6,8-11,14H2,1-3H3,(H,28,32). The Hall–Kier alpha value is -3.13. The zero-order valence-electron chi connectivity index (χ0n) is 19.6. The van der Waals surface area contributed by atoms with Crippen LogP contribution in [0.2, 0.25) is 0 Å². The highest BCUT2D eigenvalue weighted by Gasteiger charge is 2.24. The fourth-order valence-electron chi connectivity index (χ4n) is 4.28. The van der Waals surface area contributed by atoms with Crippen molar-refractivity contribution in [3.8, 4) is 11.1 Å². The molecule has 0 radical (unpaired) electrons. The van der Waals surface area contributed by atoms with Crippen LogP contribution in [0.1, 0.15) is 41.6 Å². The molecule has 1 saturated carbocycles. The molecular weight excluding hydrogens is 416 g/mol. The van der Waals surface area contributed by atoms with Crippen LogP contribution >= 0.6 is 0 Å². The quantitative estimate of drug-likeness (QED) is 0.576. The summed E-state index contributed by atoms with van der Waals surface area (Å²) >= 11 is 0. The van der Waals surface area contributed by atoms with Gasteiger partial charge in [-0.1, -0.05) is 12.1 Å². The van der Waals surface area contributed by atoms with E-state index in [9.17, 15) is 4.79 Å². The lowest BCUT2D eigenvalue weighted by atomic mass is 10.0. The van der Waals surface area contributed by atoms with E-state index in [0.29, 0.717) is 12.0 Å². The molecule has 0 atom stereocenters. The Kier molecular flexibility index (Phi) is 5.93. The van der Waals surface area contributed by atoms with Crippen LogP contribution in [-0.4, -0.2) is 60.4 Å². The van der Waals surface area contributed by atoms with Gasteiger partial charge in [0, 0.05) is 57.1 Å². The molecule has 3 heterocycles. The van der Waals surface area contributed by atoms with Crippen molar-refractivity contribution < 1.29 is 9.53 Å². The van der Waals surface area contributed by atoms with E-state index >= 15 is 0 Å². The van der Waals surface area contributed by atoms with E-state index in [-0.39, 0.29) is 5.91 Å². The van der Waals surface area contributed by atoms with E-state index in [1.807, 2.05) is 54.8 Å². The summed E-state index contributed by atoms with van der Waals surface area (Å²) < 4.78 is 7.37. The lowest BCUT2D eigenvalue weighted by Gasteiger charge is -2.23. The molecule has 0 unspecified atom stereocenters. The summed E-state index contributed by atoms with van der Waals surface area (Å²) in [6.45, 7) is 4.53. The second-order valence-corrected chi connectivity index (χ2v) is 9.40. The first-order valence-corrected chi connectivity index (χ1v) is 11.8. The number of benzene rings is 1. The Bertz CT molecular complexity index is 1160. The zero-order chi connectivity index (χ0) is 22.9. The van der Waals surface area contributed by atoms with Gasteiger partial charge in [-0.05, 0) is 55.7 Å². The van der Waals surface area contributed by atoms with Crippen molar-refractivity contribution in [1.82, 2.24) is 19.9 Å². The van der Waals surface area contributed by atoms with Crippen molar-refractivity contribution in [2.45, 2.75) is 38.6 Å². The maximum Gasteiger partial charge on any atom is 0.251 e. The highest BCUT2D eigenvalue weighted by atomic mass is 16.5. The molecular formula is C25H32N6O2. The summed E-state index contributed by atoms with van der Waals surface area (Å²) in [6, 6.07) is 8.34. The zero-order valence-corrected chi connectivity index (χ0v) is 19.6. The molecule has 1 aliphatic heterocycles. The van der Waals surface area contributed by atoms with Crippen LogP contribution < -0.4 is 15.5 Å². The van der Waals surface area contributed by atoms with Gasteiger partial charge in [0.25, 0.3) is 5.91 Å². The van der Waals surface area contributed by atoms with E-state index in [1.54, 1.807) is 0 Å². The van der Waals surface area contributed by atoms with Crippen LogP contribution in [0.4, 0.5) is 11.6 Å². The number of carbonyl (C=O) groups is 1. The van der Waals surface area contributed by atoms with Crippen LogP contribution in [0.5, 0.6) is 0 Å². The summed E-state index contributed by atoms with van der Waals surface area (Å²) in [5, 5.41) is 11.3.